The zero-order valence-electron chi connectivity index (χ0n) is 11.9. The van der Waals surface area contributed by atoms with Gasteiger partial charge in [-0.05, 0) is 31.2 Å². The molecule has 0 saturated carbocycles. The highest BCUT2D eigenvalue weighted by Gasteiger charge is 2.15. The standard InChI is InChI=1S/C8H17OS.C4H10O3S/c1-4-8(9)7-10(5-2)6-3;1-2-3-4-8(5,6)7/h4-7H2,1-3H3;2-4H2,1H3,(H,5,6,7)/q+1;/p-1. The zero-order valence-corrected chi connectivity index (χ0v) is 13.5. The minimum atomic E-state index is -3.94. The number of hydrogen-bond donors (Lipinski definition) is 0. The van der Waals surface area contributed by atoms with Gasteiger partial charge in [-0.1, -0.05) is 20.3 Å². The van der Waals surface area contributed by atoms with Gasteiger partial charge >= 0.3 is 0 Å². The minimum Gasteiger partial charge on any atom is -0.748 e. The predicted molar refractivity (Wildman–Crippen MR) is 78.1 cm³/mol. The molecule has 0 amide bonds. The van der Waals surface area contributed by atoms with Crippen LogP contribution in [0.3, 0.4) is 0 Å². The van der Waals surface area contributed by atoms with Crippen molar-refractivity contribution in [1.82, 2.24) is 0 Å². The molecule has 6 heteroatoms. The molecule has 18 heavy (non-hydrogen) atoms. The van der Waals surface area contributed by atoms with Crippen LogP contribution in [0.2, 0.25) is 0 Å². The Morgan fingerprint density at radius 1 is 1.11 bits per heavy atom. The van der Waals surface area contributed by atoms with E-state index in [1.165, 1.54) is 11.5 Å². The Morgan fingerprint density at radius 3 is 1.83 bits per heavy atom. The molecule has 0 bridgehead atoms. The van der Waals surface area contributed by atoms with Crippen molar-refractivity contribution in [3.05, 3.63) is 0 Å². The van der Waals surface area contributed by atoms with Gasteiger partial charge in [0.2, 0.25) is 0 Å². The van der Waals surface area contributed by atoms with Crippen molar-refractivity contribution >= 4 is 26.8 Å². The lowest BCUT2D eigenvalue weighted by molar-refractivity contribution is -0.116. The third-order valence-electron chi connectivity index (χ3n) is 2.32. The summed E-state index contributed by atoms with van der Waals surface area (Å²) in [6, 6.07) is 0. The van der Waals surface area contributed by atoms with E-state index in [-0.39, 0.29) is 5.75 Å². The summed E-state index contributed by atoms with van der Waals surface area (Å²) in [5.74, 6) is 3.37. The number of carbonyl (C=O) groups is 1. The second kappa shape index (κ2) is 12.0. The fraction of sp³-hybridized carbons (Fsp3) is 0.917. The lowest BCUT2D eigenvalue weighted by Gasteiger charge is -2.02. The van der Waals surface area contributed by atoms with Gasteiger partial charge in [-0.25, -0.2) is 8.42 Å². The number of hydrogen-bond acceptors (Lipinski definition) is 4. The van der Waals surface area contributed by atoms with E-state index in [2.05, 4.69) is 13.8 Å². The smallest absolute Gasteiger partial charge is 0.181 e. The van der Waals surface area contributed by atoms with Gasteiger partial charge in [0.25, 0.3) is 0 Å². The summed E-state index contributed by atoms with van der Waals surface area (Å²) in [6.45, 7) is 8.10. The first-order valence-corrected chi connectivity index (χ1v) is 9.70. The fourth-order valence-corrected chi connectivity index (χ4v) is 3.18. The fourth-order valence-electron chi connectivity index (χ4n) is 1.06. The van der Waals surface area contributed by atoms with Gasteiger partial charge in [-0.3, -0.25) is 4.79 Å². The predicted octanol–water partition coefficient (Wildman–Crippen LogP) is 1.96. The van der Waals surface area contributed by atoms with E-state index in [1.54, 1.807) is 0 Å². The molecule has 0 saturated heterocycles. The van der Waals surface area contributed by atoms with Gasteiger partial charge in [0.05, 0.1) is 10.1 Å². The van der Waals surface area contributed by atoms with Crippen molar-refractivity contribution in [2.45, 2.75) is 47.0 Å². The van der Waals surface area contributed by atoms with Crippen LogP contribution in [-0.2, 0) is 25.8 Å². The monoisotopic (exact) mass is 298 g/mol. The number of Topliss-reactive ketones (excluding diaryl/α,β-unsaturated/α-hetero) is 1. The second-order valence-corrected chi connectivity index (χ2v) is 8.03. The Labute approximate surface area is 115 Å². The van der Waals surface area contributed by atoms with Crippen LogP contribution in [0, 0.1) is 0 Å². The van der Waals surface area contributed by atoms with E-state index in [4.69, 9.17) is 0 Å². The van der Waals surface area contributed by atoms with Crippen molar-refractivity contribution in [1.29, 1.82) is 0 Å². The van der Waals surface area contributed by atoms with Crippen LogP contribution in [0.1, 0.15) is 47.0 Å². The Kier molecular flexibility index (Phi) is 13.5. The van der Waals surface area contributed by atoms with Gasteiger partial charge in [0.15, 0.2) is 11.5 Å². The van der Waals surface area contributed by atoms with Crippen LogP contribution >= 0.6 is 0 Å². The Balaban J connectivity index is 0. The molecule has 0 aliphatic rings. The highest BCUT2D eigenvalue weighted by atomic mass is 32.2. The molecule has 110 valence electrons. The highest BCUT2D eigenvalue weighted by molar-refractivity contribution is 7.97. The molecular weight excluding hydrogens is 272 g/mol. The lowest BCUT2D eigenvalue weighted by Crippen LogP contribution is -2.19. The molecule has 0 unspecified atom stereocenters. The molecule has 0 aliphatic heterocycles. The molecule has 0 N–H and O–H groups in total. The molecule has 4 nitrogen and oxygen atoms in total. The molecule has 0 fully saturated rings. The number of unbranched alkanes of at least 4 members (excludes halogenated alkanes) is 1. The van der Waals surface area contributed by atoms with Crippen LogP contribution in [0.25, 0.3) is 0 Å². The number of ketones is 1. The first-order valence-electron chi connectivity index (χ1n) is 6.39. The Bertz CT molecular complexity index is 295. The molecule has 0 aromatic heterocycles. The average molecular weight is 298 g/mol. The molecule has 0 spiro atoms. The van der Waals surface area contributed by atoms with Crippen LogP contribution < -0.4 is 0 Å². The Hall–Kier alpha value is -0.0700. The van der Waals surface area contributed by atoms with E-state index in [1.807, 2.05) is 13.8 Å². The van der Waals surface area contributed by atoms with E-state index in [0.717, 1.165) is 12.2 Å². The van der Waals surface area contributed by atoms with Crippen LogP contribution in [0.4, 0.5) is 0 Å². The van der Waals surface area contributed by atoms with Crippen molar-refractivity contribution in [2.75, 3.05) is 23.0 Å². The van der Waals surface area contributed by atoms with E-state index < -0.39 is 10.1 Å². The molecule has 0 aliphatic carbocycles. The van der Waals surface area contributed by atoms with Gasteiger partial charge in [0.1, 0.15) is 11.5 Å². The Morgan fingerprint density at radius 2 is 1.61 bits per heavy atom. The van der Waals surface area contributed by atoms with Crippen molar-refractivity contribution in [3.8, 4) is 0 Å². The summed E-state index contributed by atoms with van der Waals surface area (Å²) in [6.07, 6.45) is 1.94. The van der Waals surface area contributed by atoms with E-state index >= 15 is 0 Å². The maximum Gasteiger partial charge on any atom is 0.181 e. The van der Waals surface area contributed by atoms with Gasteiger partial charge < -0.3 is 4.55 Å². The summed E-state index contributed by atoms with van der Waals surface area (Å²) < 4.78 is 29.5. The van der Waals surface area contributed by atoms with Gasteiger partial charge in [0, 0.05) is 12.2 Å². The molecule has 0 aromatic carbocycles. The molecule has 0 heterocycles. The molecule has 0 atom stereocenters. The quantitative estimate of drug-likeness (QED) is 0.507. The van der Waals surface area contributed by atoms with Crippen molar-refractivity contribution in [2.24, 2.45) is 0 Å². The van der Waals surface area contributed by atoms with Crippen molar-refractivity contribution in [3.63, 3.8) is 0 Å². The lowest BCUT2D eigenvalue weighted by atomic mass is 10.4. The number of rotatable bonds is 8. The van der Waals surface area contributed by atoms with Gasteiger partial charge in [-0.15, -0.1) is 0 Å². The molecule has 0 aromatic rings. The van der Waals surface area contributed by atoms with Crippen LogP contribution in [0.15, 0.2) is 0 Å². The van der Waals surface area contributed by atoms with E-state index in [9.17, 15) is 17.8 Å². The normalized spacial score (nSPS) is 11.0. The summed E-state index contributed by atoms with van der Waals surface area (Å²) in [4.78, 5) is 10.9. The summed E-state index contributed by atoms with van der Waals surface area (Å²) in [7, 11) is -3.55. The molecule has 0 rings (SSSR count). The SMILES string of the molecule is CCC(=O)C[S+](CC)CC.CCCCS(=O)(=O)[O-]. The first-order chi connectivity index (χ1) is 8.30. The average Bonchev–Trinajstić information content (AvgIpc) is 2.32. The largest absolute Gasteiger partial charge is 0.748 e. The van der Waals surface area contributed by atoms with Crippen LogP contribution in [0.5, 0.6) is 0 Å². The third-order valence-corrected chi connectivity index (χ3v) is 5.48. The maximum absolute atomic E-state index is 10.9. The summed E-state index contributed by atoms with van der Waals surface area (Å²) in [5, 5.41) is 0. The second-order valence-electron chi connectivity index (χ2n) is 3.84. The molecule has 0 radical (unpaired) electrons. The van der Waals surface area contributed by atoms with Gasteiger partial charge in [-0.2, -0.15) is 0 Å². The van der Waals surface area contributed by atoms with Crippen molar-refractivity contribution < 1.29 is 17.8 Å². The first kappa shape index (κ1) is 20.3. The number of carbonyl (C=O) groups excluding carboxylic acids is 1. The summed E-state index contributed by atoms with van der Waals surface area (Å²) in [5.41, 5.74) is 0. The van der Waals surface area contributed by atoms with Crippen LogP contribution in [-0.4, -0.2) is 41.8 Å². The van der Waals surface area contributed by atoms with E-state index in [0.29, 0.717) is 29.5 Å². The minimum absolute atomic E-state index is 0.219. The summed E-state index contributed by atoms with van der Waals surface area (Å²) >= 11 is 0. The highest BCUT2D eigenvalue weighted by Crippen LogP contribution is 1.97. The molecular formula is C12H26O4S2. The maximum atomic E-state index is 10.9. The zero-order chi connectivity index (χ0) is 14.6. The third kappa shape index (κ3) is 15.9. The topological polar surface area (TPSA) is 74.3 Å².